The van der Waals surface area contributed by atoms with Crippen molar-refractivity contribution in [1.82, 2.24) is 15.2 Å². The molecule has 0 aliphatic rings. The first-order valence-corrected chi connectivity index (χ1v) is 9.35. The Morgan fingerprint density at radius 3 is 1.83 bits per heavy atom. The lowest BCUT2D eigenvalue weighted by Crippen LogP contribution is -1.96. The van der Waals surface area contributed by atoms with Crippen LogP contribution in [0.1, 0.15) is 5.56 Å². The van der Waals surface area contributed by atoms with Gasteiger partial charge in [0.25, 0.3) is 0 Å². The summed E-state index contributed by atoms with van der Waals surface area (Å²) in [6, 6.07) is 32.2. The zero-order chi connectivity index (χ0) is 19.6. The van der Waals surface area contributed by atoms with Gasteiger partial charge in [-0.3, -0.25) is 5.10 Å². The number of pyridine rings is 1. The van der Waals surface area contributed by atoms with Crippen LogP contribution in [0.4, 0.5) is 0 Å². The predicted octanol–water partition coefficient (Wildman–Crippen LogP) is 5.83. The summed E-state index contributed by atoms with van der Waals surface area (Å²) in [5, 5.41) is 18.7. The van der Waals surface area contributed by atoms with Crippen LogP contribution in [0.3, 0.4) is 0 Å². The number of hydrogen-bond donors (Lipinski definition) is 1. The van der Waals surface area contributed by atoms with Crippen molar-refractivity contribution in [2.45, 2.75) is 0 Å². The van der Waals surface area contributed by atoms with E-state index < -0.39 is 0 Å². The molecule has 1 N–H and O–H groups in total. The summed E-state index contributed by atoms with van der Waals surface area (Å²) in [4.78, 5) is 4.78. The Kier molecular flexibility index (Phi) is 4.12. The summed E-state index contributed by atoms with van der Waals surface area (Å²) in [6.45, 7) is 0. The monoisotopic (exact) mass is 372 g/mol. The molecule has 0 atom stereocenters. The first-order chi connectivity index (χ1) is 14.4. The number of hydrogen-bond acceptors (Lipinski definition) is 3. The van der Waals surface area contributed by atoms with E-state index in [2.05, 4.69) is 16.3 Å². The van der Waals surface area contributed by atoms with Crippen molar-refractivity contribution in [3.63, 3.8) is 0 Å². The van der Waals surface area contributed by atoms with Crippen LogP contribution in [0.25, 0.3) is 44.7 Å². The van der Waals surface area contributed by atoms with Gasteiger partial charge in [0, 0.05) is 16.7 Å². The van der Waals surface area contributed by atoms with E-state index in [1.165, 1.54) is 0 Å². The SMILES string of the molecule is N#Cc1c(-c2ccccc2)nc2n[nH]c(-c3ccccc3)c2c1-c1ccccc1. The molecule has 0 amide bonds. The predicted molar refractivity (Wildman–Crippen MR) is 115 cm³/mol. The lowest BCUT2D eigenvalue weighted by atomic mass is 9.92. The van der Waals surface area contributed by atoms with Gasteiger partial charge in [-0.2, -0.15) is 10.4 Å². The van der Waals surface area contributed by atoms with Crippen LogP contribution < -0.4 is 0 Å². The number of aromatic nitrogens is 3. The molecule has 0 aliphatic carbocycles. The average molecular weight is 372 g/mol. The highest BCUT2D eigenvalue weighted by Crippen LogP contribution is 2.40. The topological polar surface area (TPSA) is 65.4 Å². The van der Waals surface area contributed by atoms with Crippen LogP contribution in [0.15, 0.2) is 91.0 Å². The van der Waals surface area contributed by atoms with E-state index in [0.717, 1.165) is 33.3 Å². The first kappa shape index (κ1) is 16.9. The molecule has 3 aromatic carbocycles. The normalized spacial score (nSPS) is 10.7. The molecule has 136 valence electrons. The van der Waals surface area contributed by atoms with E-state index in [1.807, 2.05) is 91.0 Å². The molecule has 0 saturated carbocycles. The first-order valence-electron chi connectivity index (χ1n) is 9.35. The standard InChI is InChI=1S/C25H16N4/c26-16-20-21(17-10-4-1-5-11-17)22-24(19-14-8-3-9-15-19)28-29-25(22)27-23(20)18-12-6-2-7-13-18/h1-15H,(H,27,28,29). The Morgan fingerprint density at radius 2 is 1.24 bits per heavy atom. The molecule has 0 fully saturated rings. The van der Waals surface area contributed by atoms with E-state index in [1.54, 1.807) is 0 Å². The molecule has 0 unspecified atom stereocenters. The summed E-state index contributed by atoms with van der Waals surface area (Å²) in [5.74, 6) is 0. The quantitative estimate of drug-likeness (QED) is 0.433. The number of fused-ring (bicyclic) bond motifs is 1. The van der Waals surface area contributed by atoms with Crippen LogP contribution in [0.2, 0.25) is 0 Å². The third kappa shape index (κ3) is 2.86. The van der Waals surface area contributed by atoms with Crippen LogP contribution in [-0.2, 0) is 0 Å². The van der Waals surface area contributed by atoms with E-state index in [0.29, 0.717) is 16.9 Å². The molecule has 0 saturated heterocycles. The molecule has 4 heteroatoms. The average Bonchev–Trinajstić information content (AvgIpc) is 3.23. The summed E-state index contributed by atoms with van der Waals surface area (Å²) < 4.78 is 0. The van der Waals surface area contributed by atoms with Crippen LogP contribution in [-0.4, -0.2) is 15.2 Å². The third-order valence-electron chi connectivity index (χ3n) is 4.99. The molecular formula is C25H16N4. The number of nitrogens with one attached hydrogen (secondary N) is 1. The maximum atomic E-state index is 10.2. The Bertz CT molecular complexity index is 1330. The van der Waals surface area contributed by atoms with Gasteiger partial charge in [-0.05, 0) is 5.56 Å². The molecule has 2 aromatic heterocycles. The molecule has 5 aromatic rings. The second-order valence-corrected chi connectivity index (χ2v) is 6.72. The molecular weight excluding hydrogens is 356 g/mol. The van der Waals surface area contributed by atoms with Gasteiger partial charge in [0.15, 0.2) is 5.65 Å². The van der Waals surface area contributed by atoms with Gasteiger partial charge >= 0.3 is 0 Å². The van der Waals surface area contributed by atoms with Crippen molar-refractivity contribution in [3.05, 3.63) is 96.6 Å². The minimum absolute atomic E-state index is 0.550. The maximum Gasteiger partial charge on any atom is 0.182 e. The van der Waals surface area contributed by atoms with Gasteiger partial charge in [0.1, 0.15) is 6.07 Å². The minimum Gasteiger partial charge on any atom is -0.275 e. The fourth-order valence-electron chi connectivity index (χ4n) is 3.68. The van der Waals surface area contributed by atoms with Gasteiger partial charge in [-0.15, -0.1) is 0 Å². The fourth-order valence-corrected chi connectivity index (χ4v) is 3.68. The van der Waals surface area contributed by atoms with E-state index in [-0.39, 0.29) is 0 Å². The summed E-state index contributed by atoms with van der Waals surface area (Å²) >= 11 is 0. The number of aromatic amines is 1. The highest BCUT2D eigenvalue weighted by molar-refractivity contribution is 6.06. The van der Waals surface area contributed by atoms with Crippen molar-refractivity contribution in [1.29, 1.82) is 5.26 Å². The second-order valence-electron chi connectivity index (χ2n) is 6.72. The van der Waals surface area contributed by atoms with Crippen molar-refractivity contribution < 1.29 is 0 Å². The smallest absolute Gasteiger partial charge is 0.182 e. The second kappa shape index (κ2) is 7.06. The van der Waals surface area contributed by atoms with Crippen molar-refractivity contribution >= 4 is 11.0 Å². The summed E-state index contributed by atoms with van der Waals surface area (Å²) in [6.07, 6.45) is 0. The number of nitriles is 1. The van der Waals surface area contributed by atoms with E-state index in [4.69, 9.17) is 4.98 Å². The lowest BCUT2D eigenvalue weighted by Gasteiger charge is -2.12. The van der Waals surface area contributed by atoms with Gasteiger partial charge in [-0.25, -0.2) is 4.98 Å². The highest BCUT2D eigenvalue weighted by atomic mass is 15.1. The Hall–Kier alpha value is -4.23. The number of H-pyrrole nitrogens is 1. The zero-order valence-corrected chi connectivity index (χ0v) is 15.5. The Morgan fingerprint density at radius 1 is 0.690 bits per heavy atom. The molecule has 0 spiro atoms. The van der Waals surface area contributed by atoms with E-state index in [9.17, 15) is 5.26 Å². The molecule has 2 heterocycles. The molecule has 29 heavy (non-hydrogen) atoms. The van der Waals surface area contributed by atoms with E-state index >= 15 is 0 Å². The molecule has 4 nitrogen and oxygen atoms in total. The fraction of sp³-hybridized carbons (Fsp3) is 0. The zero-order valence-electron chi connectivity index (χ0n) is 15.5. The molecule has 0 aliphatic heterocycles. The van der Waals surface area contributed by atoms with Crippen molar-refractivity contribution in [2.75, 3.05) is 0 Å². The Balaban J connectivity index is 1.92. The lowest BCUT2D eigenvalue weighted by molar-refractivity contribution is 1.10. The van der Waals surface area contributed by atoms with Crippen LogP contribution in [0.5, 0.6) is 0 Å². The van der Waals surface area contributed by atoms with Gasteiger partial charge in [0.05, 0.1) is 22.3 Å². The highest BCUT2D eigenvalue weighted by Gasteiger charge is 2.22. The van der Waals surface area contributed by atoms with Crippen LogP contribution >= 0.6 is 0 Å². The molecule has 0 radical (unpaired) electrons. The summed E-state index contributed by atoms with van der Waals surface area (Å²) in [7, 11) is 0. The number of nitrogens with zero attached hydrogens (tertiary/aromatic N) is 3. The summed E-state index contributed by atoms with van der Waals surface area (Å²) in [5.41, 5.74) is 6.37. The largest absolute Gasteiger partial charge is 0.275 e. The maximum absolute atomic E-state index is 10.2. The van der Waals surface area contributed by atoms with Gasteiger partial charge in [0.2, 0.25) is 0 Å². The molecule has 5 rings (SSSR count). The number of rotatable bonds is 3. The van der Waals surface area contributed by atoms with Gasteiger partial charge in [-0.1, -0.05) is 91.0 Å². The molecule has 0 bridgehead atoms. The third-order valence-corrected chi connectivity index (χ3v) is 4.99. The Labute approximate surface area is 168 Å². The van der Waals surface area contributed by atoms with Crippen molar-refractivity contribution in [2.24, 2.45) is 0 Å². The van der Waals surface area contributed by atoms with Crippen LogP contribution in [0, 0.1) is 11.3 Å². The van der Waals surface area contributed by atoms with Gasteiger partial charge < -0.3 is 0 Å². The minimum atomic E-state index is 0.550. The van der Waals surface area contributed by atoms with Crippen molar-refractivity contribution in [3.8, 4) is 39.7 Å². The number of benzene rings is 3.